The van der Waals surface area contributed by atoms with Gasteiger partial charge in [0.05, 0.1) is 13.7 Å². The van der Waals surface area contributed by atoms with Gasteiger partial charge in [-0.3, -0.25) is 4.98 Å². The van der Waals surface area contributed by atoms with Crippen LogP contribution in [0.5, 0.6) is 11.5 Å². The number of hydrogen-bond donors (Lipinski definition) is 2. The molecule has 0 atom stereocenters. The van der Waals surface area contributed by atoms with Crippen molar-refractivity contribution in [1.82, 2.24) is 10.3 Å². The molecule has 6 heteroatoms. The van der Waals surface area contributed by atoms with E-state index in [0.29, 0.717) is 18.8 Å². The van der Waals surface area contributed by atoms with E-state index in [4.69, 9.17) is 9.47 Å². The van der Waals surface area contributed by atoms with Crippen LogP contribution in [0.3, 0.4) is 0 Å². The SMILES string of the molecule is COc1ccc(CNC(=O)Nc2ccc(OCCc3ccccn3)cc2)cc1. The molecule has 0 aliphatic carbocycles. The summed E-state index contributed by atoms with van der Waals surface area (Å²) in [6, 6.07) is 20.4. The lowest BCUT2D eigenvalue weighted by atomic mass is 10.2. The molecule has 0 spiro atoms. The first-order valence-electron chi connectivity index (χ1n) is 9.03. The highest BCUT2D eigenvalue weighted by Gasteiger charge is 2.03. The van der Waals surface area contributed by atoms with Gasteiger partial charge < -0.3 is 20.1 Å². The summed E-state index contributed by atoms with van der Waals surface area (Å²) in [6.07, 6.45) is 2.52. The van der Waals surface area contributed by atoms with Crippen molar-refractivity contribution >= 4 is 11.7 Å². The fourth-order valence-corrected chi connectivity index (χ4v) is 2.55. The molecular weight excluding hydrogens is 354 g/mol. The largest absolute Gasteiger partial charge is 0.497 e. The van der Waals surface area contributed by atoms with Crippen LogP contribution in [0.2, 0.25) is 0 Å². The summed E-state index contributed by atoms with van der Waals surface area (Å²) in [4.78, 5) is 16.3. The van der Waals surface area contributed by atoms with E-state index in [2.05, 4.69) is 15.6 Å². The predicted molar refractivity (Wildman–Crippen MR) is 109 cm³/mol. The molecule has 3 rings (SSSR count). The third kappa shape index (κ3) is 6.02. The summed E-state index contributed by atoms with van der Waals surface area (Å²) in [5, 5.41) is 5.63. The topological polar surface area (TPSA) is 72.5 Å². The molecule has 2 aromatic carbocycles. The van der Waals surface area contributed by atoms with Gasteiger partial charge in [-0.2, -0.15) is 0 Å². The van der Waals surface area contributed by atoms with Crippen LogP contribution in [0, 0.1) is 0 Å². The number of carbonyl (C=O) groups is 1. The van der Waals surface area contributed by atoms with Crippen molar-refractivity contribution in [3.63, 3.8) is 0 Å². The van der Waals surface area contributed by atoms with Gasteiger partial charge in [-0.15, -0.1) is 0 Å². The van der Waals surface area contributed by atoms with E-state index in [1.807, 2.05) is 66.7 Å². The van der Waals surface area contributed by atoms with Crippen LogP contribution < -0.4 is 20.1 Å². The maximum atomic E-state index is 12.0. The Morgan fingerprint density at radius 2 is 1.71 bits per heavy atom. The van der Waals surface area contributed by atoms with E-state index >= 15 is 0 Å². The Labute approximate surface area is 164 Å². The number of anilines is 1. The van der Waals surface area contributed by atoms with Crippen LogP contribution in [0.15, 0.2) is 72.9 Å². The second-order valence-electron chi connectivity index (χ2n) is 6.10. The molecule has 0 fully saturated rings. The Bertz CT molecular complexity index is 866. The van der Waals surface area contributed by atoms with Crippen LogP contribution >= 0.6 is 0 Å². The van der Waals surface area contributed by atoms with Crippen molar-refractivity contribution < 1.29 is 14.3 Å². The average Bonchev–Trinajstić information content (AvgIpc) is 2.75. The van der Waals surface area contributed by atoms with Crippen LogP contribution in [-0.4, -0.2) is 24.7 Å². The molecule has 144 valence electrons. The van der Waals surface area contributed by atoms with E-state index < -0.39 is 0 Å². The van der Waals surface area contributed by atoms with Gasteiger partial charge in [0.2, 0.25) is 0 Å². The van der Waals surface area contributed by atoms with Gasteiger partial charge in [-0.05, 0) is 54.1 Å². The number of hydrogen-bond acceptors (Lipinski definition) is 4. The van der Waals surface area contributed by atoms with Gasteiger partial charge in [0.1, 0.15) is 11.5 Å². The van der Waals surface area contributed by atoms with Crippen molar-refractivity contribution in [1.29, 1.82) is 0 Å². The van der Waals surface area contributed by atoms with Gasteiger partial charge >= 0.3 is 6.03 Å². The lowest BCUT2D eigenvalue weighted by molar-refractivity contribution is 0.251. The van der Waals surface area contributed by atoms with Crippen molar-refractivity contribution in [2.24, 2.45) is 0 Å². The van der Waals surface area contributed by atoms with Crippen LogP contribution in [0.25, 0.3) is 0 Å². The second kappa shape index (κ2) is 9.97. The predicted octanol–water partition coefficient (Wildman–Crippen LogP) is 4.03. The first kappa shape index (κ1) is 19.2. The van der Waals surface area contributed by atoms with Crippen LogP contribution in [0.4, 0.5) is 10.5 Å². The first-order chi connectivity index (χ1) is 13.7. The van der Waals surface area contributed by atoms with Gasteiger partial charge in [0, 0.05) is 30.5 Å². The second-order valence-corrected chi connectivity index (χ2v) is 6.10. The summed E-state index contributed by atoms with van der Waals surface area (Å²) in [7, 11) is 1.62. The number of benzene rings is 2. The van der Waals surface area contributed by atoms with Crippen molar-refractivity contribution in [2.75, 3.05) is 19.0 Å². The first-order valence-corrected chi connectivity index (χ1v) is 9.03. The zero-order valence-electron chi connectivity index (χ0n) is 15.7. The smallest absolute Gasteiger partial charge is 0.319 e. The standard InChI is InChI=1S/C22H23N3O3/c1-27-20-9-5-17(6-10-20)16-24-22(26)25-19-7-11-21(12-8-19)28-15-13-18-4-2-3-14-23-18/h2-12,14H,13,15-16H2,1H3,(H2,24,25,26). The van der Waals surface area contributed by atoms with Crippen LogP contribution in [-0.2, 0) is 13.0 Å². The zero-order valence-corrected chi connectivity index (χ0v) is 15.7. The maximum Gasteiger partial charge on any atom is 0.319 e. The van der Waals surface area contributed by atoms with Crippen molar-refractivity contribution in [2.45, 2.75) is 13.0 Å². The molecule has 0 saturated carbocycles. The molecule has 0 aliphatic heterocycles. The quantitative estimate of drug-likeness (QED) is 0.622. The minimum atomic E-state index is -0.264. The number of aromatic nitrogens is 1. The molecule has 6 nitrogen and oxygen atoms in total. The number of rotatable bonds is 8. The monoisotopic (exact) mass is 377 g/mol. The van der Waals surface area contributed by atoms with Crippen molar-refractivity contribution in [3.05, 3.63) is 84.2 Å². The molecule has 28 heavy (non-hydrogen) atoms. The number of ether oxygens (including phenoxy) is 2. The molecule has 0 bridgehead atoms. The minimum absolute atomic E-state index is 0.264. The van der Waals surface area contributed by atoms with E-state index in [1.54, 1.807) is 13.3 Å². The Morgan fingerprint density at radius 3 is 2.39 bits per heavy atom. The molecular formula is C22H23N3O3. The van der Waals surface area contributed by atoms with Gasteiger partial charge in [0.15, 0.2) is 0 Å². The third-order valence-corrected chi connectivity index (χ3v) is 4.08. The molecule has 1 aromatic heterocycles. The number of nitrogens with one attached hydrogen (secondary N) is 2. The fraction of sp³-hybridized carbons (Fsp3) is 0.182. The Kier molecular flexibility index (Phi) is 6.84. The molecule has 1 heterocycles. The molecule has 0 aliphatic rings. The highest BCUT2D eigenvalue weighted by Crippen LogP contribution is 2.16. The van der Waals surface area contributed by atoms with E-state index in [1.165, 1.54) is 0 Å². The number of carbonyl (C=O) groups excluding carboxylic acids is 1. The minimum Gasteiger partial charge on any atom is -0.497 e. The van der Waals surface area contributed by atoms with Gasteiger partial charge in [-0.25, -0.2) is 4.79 Å². The number of urea groups is 1. The Morgan fingerprint density at radius 1 is 0.964 bits per heavy atom. The normalized spacial score (nSPS) is 10.2. The van der Waals surface area contributed by atoms with E-state index in [9.17, 15) is 4.79 Å². The lowest BCUT2D eigenvalue weighted by Crippen LogP contribution is -2.28. The van der Waals surface area contributed by atoms with Gasteiger partial charge in [0.25, 0.3) is 0 Å². The summed E-state index contributed by atoms with van der Waals surface area (Å²) < 4.78 is 10.8. The van der Waals surface area contributed by atoms with Crippen LogP contribution in [0.1, 0.15) is 11.3 Å². The molecule has 3 aromatic rings. The Hall–Kier alpha value is -3.54. The van der Waals surface area contributed by atoms with E-state index in [-0.39, 0.29) is 6.03 Å². The highest BCUT2D eigenvalue weighted by atomic mass is 16.5. The Balaban J connectivity index is 1.40. The maximum absolute atomic E-state index is 12.0. The summed E-state index contributed by atoms with van der Waals surface area (Å²) in [5.74, 6) is 1.54. The molecule has 0 radical (unpaired) electrons. The highest BCUT2D eigenvalue weighted by molar-refractivity contribution is 5.89. The number of nitrogens with zero attached hydrogens (tertiary/aromatic N) is 1. The summed E-state index contributed by atoms with van der Waals surface area (Å²) in [6.45, 7) is 0.983. The van der Waals surface area contributed by atoms with Crippen molar-refractivity contribution in [3.8, 4) is 11.5 Å². The molecule has 0 unspecified atom stereocenters. The lowest BCUT2D eigenvalue weighted by Gasteiger charge is -2.10. The van der Waals surface area contributed by atoms with Gasteiger partial charge in [-0.1, -0.05) is 18.2 Å². The number of amides is 2. The van der Waals surface area contributed by atoms with E-state index in [0.717, 1.165) is 29.2 Å². The number of pyridine rings is 1. The third-order valence-electron chi connectivity index (χ3n) is 4.08. The average molecular weight is 377 g/mol. The molecule has 0 saturated heterocycles. The summed E-state index contributed by atoms with van der Waals surface area (Å²) >= 11 is 0. The zero-order chi connectivity index (χ0) is 19.6. The molecule has 2 amide bonds. The molecule has 2 N–H and O–H groups in total. The summed E-state index contributed by atoms with van der Waals surface area (Å²) in [5.41, 5.74) is 2.69. The number of methoxy groups -OCH3 is 1. The fourth-order valence-electron chi connectivity index (χ4n) is 2.55.